The fraction of sp³-hybridized carbons (Fsp3) is 0.368. The second-order valence-corrected chi connectivity index (χ2v) is 6.60. The quantitative estimate of drug-likeness (QED) is 0.643. The van der Waals surface area contributed by atoms with Crippen molar-refractivity contribution in [1.82, 2.24) is 20.1 Å². The van der Waals surface area contributed by atoms with Crippen LogP contribution in [0.15, 0.2) is 34.8 Å². The zero-order chi connectivity index (χ0) is 19.4. The van der Waals surface area contributed by atoms with Crippen LogP contribution >= 0.6 is 0 Å². The summed E-state index contributed by atoms with van der Waals surface area (Å²) in [6.07, 6.45) is 2.95. The number of amides is 3. The number of nitrogens with zero attached hydrogens (tertiary/aromatic N) is 3. The molecule has 0 unspecified atom stereocenters. The van der Waals surface area contributed by atoms with Gasteiger partial charge in [0.05, 0.1) is 0 Å². The molecule has 1 N–H and O–H groups in total. The number of rotatable bonds is 3. The molecule has 0 bridgehead atoms. The molecule has 2 heterocycles. The second kappa shape index (κ2) is 8.03. The van der Waals surface area contributed by atoms with E-state index in [0.29, 0.717) is 37.7 Å². The summed E-state index contributed by atoms with van der Waals surface area (Å²) in [4.78, 5) is 43.6. The van der Waals surface area contributed by atoms with Gasteiger partial charge in [0.2, 0.25) is 11.8 Å². The van der Waals surface area contributed by atoms with Crippen molar-refractivity contribution in [3.8, 4) is 0 Å². The van der Waals surface area contributed by atoms with E-state index < -0.39 is 11.8 Å². The largest absolute Gasteiger partial charge is 0.437 e. The van der Waals surface area contributed by atoms with Gasteiger partial charge in [0.15, 0.2) is 5.58 Å². The summed E-state index contributed by atoms with van der Waals surface area (Å²) in [7, 11) is 0. The normalized spacial score (nSPS) is 14.9. The summed E-state index contributed by atoms with van der Waals surface area (Å²) in [5.41, 5.74) is 1.40. The predicted octanol–water partition coefficient (Wildman–Crippen LogP) is 1.04. The Bertz CT molecular complexity index is 846. The minimum absolute atomic E-state index is 0.0960. The maximum absolute atomic E-state index is 12.3. The molecule has 142 valence electrons. The van der Waals surface area contributed by atoms with Crippen LogP contribution in [0.3, 0.4) is 0 Å². The van der Waals surface area contributed by atoms with Crippen LogP contribution in [0.2, 0.25) is 0 Å². The number of oxazole rings is 1. The summed E-state index contributed by atoms with van der Waals surface area (Å²) in [6, 6.07) is 7.28. The molecule has 3 rings (SSSR count). The van der Waals surface area contributed by atoms with Crippen molar-refractivity contribution in [2.24, 2.45) is 0 Å². The van der Waals surface area contributed by atoms with Crippen molar-refractivity contribution in [3.05, 3.63) is 36.2 Å². The Morgan fingerprint density at radius 3 is 2.44 bits per heavy atom. The van der Waals surface area contributed by atoms with E-state index in [1.165, 1.54) is 17.1 Å². The molecule has 1 aromatic heterocycles. The molecule has 27 heavy (non-hydrogen) atoms. The van der Waals surface area contributed by atoms with E-state index in [4.69, 9.17) is 4.42 Å². The lowest BCUT2D eigenvalue weighted by Gasteiger charge is -2.33. The molecular weight excluding hydrogens is 348 g/mol. The molecule has 8 heteroatoms. The summed E-state index contributed by atoms with van der Waals surface area (Å²) in [5, 5.41) is 2.58. The van der Waals surface area contributed by atoms with Gasteiger partial charge in [0.1, 0.15) is 5.52 Å². The fourth-order valence-electron chi connectivity index (χ4n) is 2.81. The molecule has 0 radical (unpaired) electrons. The highest BCUT2D eigenvalue weighted by atomic mass is 16.3. The van der Waals surface area contributed by atoms with Gasteiger partial charge >= 0.3 is 11.8 Å². The van der Waals surface area contributed by atoms with Gasteiger partial charge in [-0.2, -0.15) is 0 Å². The first kappa shape index (κ1) is 18.6. The van der Waals surface area contributed by atoms with Crippen LogP contribution in [0.4, 0.5) is 0 Å². The summed E-state index contributed by atoms with van der Waals surface area (Å²) >= 11 is 0. The van der Waals surface area contributed by atoms with E-state index >= 15 is 0 Å². The molecule has 3 amide bonds. The van der Waals surface area contributed by atoms with Crippen LogP contribution in [0.5, 0.6) is 0 Å². The van der Waals surface area contributed by atoms with Crippen LogP contribution in [-0.2, 0) is 14.4 Å². The Balaban J connectivity index is 1.53. The summed E-state index contributed by atoms with van der Waals surface area (Å²) < 4.78 is 5.55. The van der Waals surface area contributed by atoms with Crippen LogP contribution in [0.25, 0.3) is 17.2 Å². The highest BCUT2D eigenvalue weighted by molar-refractivity contribution is 6.35. The van der Waals surface area contributed by atoms with Gasteiger partial charge < -0.3 is 19.5 Å². The molecule has 2 aromatic rings. The first-order valence-corrected chi connectivity index (χ1v) is 8.86. The van der Waals surface area contributed by atoms with E-state index in [9.17, 15) is 14.4 Å². The van der Waals surface area contributed by atoms with E-state index in [1.807, 2.05) is 24.3 Å². The molecule has 0 atom stereocenters. The number of carbonyl (C=O) groups excluding carboxylic acids is 3. The van der Waals surface area contributed by atoms with Gasteiger partial charge in [-0.15, -0.1) is 0 Å². The molecule has 0 aliphatic carbocycles. The summed E-state index contributed by atoms with van der Waals surface area (Å²) in [6.45, 7) is 4.99. The Kier molecular flexibility index (Phi) is 5.54. The standard InChI is InChI=1S/C19H22N4O4/c1-13(2)20-18(25)19(26)23-11-9-22(10-12-23)17(24)8-7-16-21-14-5-3-4-6-15(14)27-16/h3-8,13H,9-12H2,1-2H3,(H,20,25)/b8-7+. The van der Waals surface area contributed by atoms with Gasteiger partial charge in [-0.25, -0.2) is 4.98 Å². The van der Waals surface area contributed by atoms with Gasteiger partial charge in [0, 0.05) is 44.4 Å². The van der Waals surface area contributed by atoms with E-state index in [1.54, 1.807) is 18.7 Å². The van der Waals surface area contributed by atoms with E-state index in [0.717, 1.165) is 5.52 Å². The highest BCUT2D eigenvalue weighted by Crippen LogP contribution is 2.15. The number of benzene rings is 1. The minimum atomic E-state index is -0.611. The van der Waals surface area contributed by atoms with Crippen LogP contribution < -0.4 is 5.32 Å². The maximum Gasteiger partial charge on any atom is 0.312 e. The molecule has 0 spiro atoms. The molecule has 1 fully saturated rings. The monoisotopic (exact) mass is 370 g/mol. The molecular formula is C19H22N4O4. The number of hydrogen-bond donors (Lipinski definition) is 1. The average Bonchev–Trinajstić information content (AvgIpc) is 3.08. The van der Waals surface area contributed by atoms with Crippen LogP contribution in [0.1, 0.15) is 19.7 Å². The lowest BCUT2D eigenvalue weighted by atomic mass is 10.2. The van der Waals surface area contributed by atoms with Gasteiger partial charge in [-0.1, -0.05) is 12.1 Å². The third-order valence-corrected chi connectivity index (χ3v) is 4.17. The van der Waals surface area contributed by atoms with Crippen LogP contribution in [-0.4, -0.2) is 64.7 Å². The molecule has 0 saturated carbocycles. The molecule has 1 aliphatic rings. The smallest absolute Gasteiger partial charge is 0.312 e. The SMILES string of the molecule is CC(C)NC(=O)C(=O)N1CCN(C(=O)/C=C/c2nc3ccccc3o2)CC1. The number of fused-ring (bicyclic) bond motifs is 1. The van der Waals surface area contributed by atoms with Crippen LogP contribution in [0, 0.1) is 0 Å². The first-order valence-electron chi connectivity index (χ1n) is 8.86. The van der Waals surface area contributed by atoms with E-state index in [2.05, 4.69) is 10.3 Å². The number of hydrogen-bond acceptors (Lipinski definition) is 5. The van der Waals surface area contributed by atoms with Crippen molar-refractivity contribution in [2.45, 2.75) is 19.9 Å². The molecule has 1 saturated heterocycles. The second-order valence-electron chi connectivity index (χ2n) is 6.60. The number of para-hydroxylation sites is 2. The summed E-state index contributed by atoms with van der Waals surface area (Å²) in [5.74, 6) is -0.988. The number of carbonyl (C=O) groups is 3. The average molecular weight is 370 g/mol. The van der Waals surface area contributed by atoms with Crippen molar-refractivity contribution >= 4 is 34.9 Å². The Morgan fingerprint density at radius 1 is 1.11 bits per heavy atom. The molecule has 8 nitrogen and oxygen atoms in total. The van der Waals surface area contributed by atoms with Crippen molar-refractivity contribution < 1.29 is 18.8 Å². The highest BCUT2D eigenvalue weighted by Gasteiger charge is 2.27. The Morgan fingerprint density at radius 2 is 1.78 bits per heavy atom. The Labute approximate surface area is 156 Å². The lowest BCUT2D eigenvalue weighted by molar-refractivity contribution is -0.148. The topological polar surface area (TPSA) is 95.8 Å². The van der Waals surface area contributed by atoms with Crippen molar-refractivity contribution in [2.75, 3.05) is 26.2 Å². The van der Waals surface area contributed by atoms with Crippen molar-refractivity contribution in [1.29, 1.82) is 0 Å². The van der Waals surface area contributed by atoms with Gasteiger partial charge in [0.25, 0.3) is 0 Å². The van der Waals surface area contributed by atoms with Crippen molar-refractivity contribution in [3.63, 3.8) is 0 Å². The maximum atomic E-state index is 12.3. The van der Waals surface area contributed by atoms with E-state index in [-0.39, 0.29) is 11.9 Å². The number of aromatic nitrogens is 1. The zero-order valence-electron chi connectivity index (χ0n) is 15.3. The molecule has 1 aromatic carbocycles. The minimum Gasteiger partial charge on any atom is -0.437 e. The third kappa shape index (κ3) is 4.52. The zero-order valence-corrected chi connectivity index (χ0v) is 15.3. The Hall–Kier alpha value is -3.16. The van der Waals surface area contributed by atoms with Gasteiger partial charge in [-0.05, 0) is 26.0 Å². The first-order chi connectivity index (χ1) is 12.9. The molecule has 1 aliphatic heterocycles. The predicted molar refractivity (Wildman–Crippen MR) is 99.5 cm³/mol. The lowest BCUT2D eigenvalue weighted by Crippen LogP contribution is -2.54. The number of piperazine rings is 1. The fourth-order valence-corrected chi connectivity index (χ4v) is 2.81. The third-order valence-electron chi connectivity index (χ3n) is 4.17. The van der Waals surface area contributed by atoms with Gasteiger partial charge in [-0.3, -0.25) is 14.4 Å². The number of nitrogens with one attached hydrogen (secondary N) is 1.